The average Bonchev–Trinajstić information content (AvgIpc) is 2.96. The van der Waals surface area contributed by atoms with Gasteiger partial charge in [0.15, 0.2) is 0 Å². The summed E-state index contributed by atoms with van der Waals surface area (Å²) in [5.74, 6) is 2.32. The summed E-state index contributed by atoms with van der Waals surface area (Å²) >= 11 is 0. The van der Waals surface area contributed by atoms with E-state index in [0.717, 1.165) is 29.9 Å². The minimum atomic E-state index is -0.924. The smallest absolute Gasteiger partial charge is 0.120 e. The van der Waals surface area contributed by atoms with Gasteiger partial charge in [-0.25, -0.2) is 0 Å². The molecular formula is C35H38O4. The van der Waals surface area contributed by atoms with Gasteiger partial charge in [-0.15, -0.1) is 0 Å². The molecule has 0 aliphatic heterocycles. The van der Waals surface area contributed by atoms with Gasteiger partial charge < -0.3 is 19.7 Å². The van der Waals surface area contributed by atoms with E-state index in [1.165, 1.54) is 22.3 Å². The third-order valence-corrected chi connectivity index (χ3v) is 7.85. The van der Waals surface area contributed by atoms with Gasteiger partial charge in [-0.1, -0.05) is 78.9 Å². The van der Waals surface area contributed by atoms with Gasteiger partial charge in [0.2, 0.25) is 0 Å². The lowest BCUT2D eigenvalue weighted by Crippen LogP contribution is -2.28. The summed E-state index contributed by atoms with van der Waals surface area (Å²) in [5.41, 5.74) is 5.58. The predicted octanol–water partition coefficient (Wildman–Crippen LogP) is 7.03. The fourth-order valence-electron chi connectivity index (χ4n) is 5.62. The normalized spacial score (nSPS) is 18.1. The van der Waals surface area contributed by atoms with Gasteiger partial charge in [-0.3, -0.25) is 0 Å². The first-order valence-electron chi connectivity index (χ1n) is 13.9. The highest BCUT2D eigenvalue weighted by Crippen LogP contribution is 2.47. The maximum Gasteiger partial charge on any atom is 0.120 e. The third-order valence-electron chi connectivity index (χ3n) is 7.85. The van der Waals surface area contributed by atoms with Gasteiger partial charge in [0.05, 0.1) is 12.2 Å². The quantitative estimate of drug-likeness (QED) is 0.222. The van der Waals surface area contributed by atoms with Crippen molar-refractivity contribution in [1.82, 2.24) is 0 Å². The molecule has 1 unspecified atom stereocenters. The van der Waals surface area contributed by atoms with E-state index in [1.54, 1.807) is 6.92 Å². The van der Waals surface area contributed by atoms with Gasteiger partial charge >= 0.3 is 0 Å². The van der Waals surface area contributed by atoms with Crippen LogP contribution < -0.4 is 9.47 Å². The van der Waals surface area contributed by atoms with Crippen molar-refractivity contribution >= 4 is 0 Å². The second-order valence-electron chi connectivity index (χ2n) is 10.8. The summed E-state index contributed by atoms with van der Waals surface area (Å²) < 4.78 is 12.1. The molecule has 4 aromatic carbocycles. The molecule has 4 heteroatoms. The molecule has 39 heavy (non-hydrogen) atoms. The minimum absolute atomic E-state index is 0.0339. The number of aryl methyl sites for hydroxylation is 1. The zero-order chi connectivity index (χ0) is 27.1. The number of hydrogen-bond donors (Lipinski definition) is 2. The molecule has 0 saturated heterocycles. The van der Waals surface area contributed by atoms with Crippen molar-refractivity contribution in [3.8, 4) is 11.5 Å². The Hall–Kier alpha value is -3.60. The van der Waals surface area contributed by atoms with Gasteiger partial charge in [0.1, 0.15) is 18.1 Å². The molecule has 4 aromatic rings. The summed E-state index contributed by atoms with van der Waals surface area (Å²) in [6.07, 6.45) is 2.90. The monoisotopic (exact) mass is 522 g/mol. The van der Waals surface area contributed by atoms with Crippen LogP contribution in [0, 0.1) is 0 Å². The lowest BCUT2D eigenvalue weighted by Gasteiger charge is -2.35. The van der Waals surface area contributed by atoms with Crippen molar-refractivity contribution in [3.63, 3.8) is 0 Å². The van der Waals surface area contributed by atoms with Crippen LogP contribution in [0.5, 0.6) is 11.5 Å². The third kappa shape index (κ3) is 6.89. The Balaban J connectivity index is 1.36. The molecule has 2 N–H and O–H groups in total. The first-order chi connectivity index (χ1) is 19.0. The van der Waals surface area contributed by atoms with E-state index in [2.05, 4.69) is 72.8 Å². The van der Waals surface area contributed by atoms with E-state index in [-0.39, 0.29) is 12.5 Å². The van der Waals surface area contributed by atoms with Crippen molar-refractivity contribution in [2.75, 3.05) is 13.2 Å². The molecule has 3 atom stereocenters. The number of rotatable bonds is 11. The molecule has 1 aliphatic carbocycles. The maximum absolute atomic E-state index is 10.3. The number of ether oxygens (including phenoxy) is 2. The van der Waals surface area contributed by atoms with E-state index in [9.17, 15) is 5.11 Å². The topological polar surface area (TPSA) is 58.9 Å². The maximum atomic E-state index is 10.3. The lowest BCUT2D eigenvalue weighted by molar-refractivity contribution is 0.0144. The van der Waals surface area contributed by atoms with E-state index >= 15 is 0 Å². The van der Waals surface area contributed by atoms with Gasteiger partial charge in [0, 0.05) is 18.9 Å². The Kier molecular flexibility index (Phi) is 8.65. The first-order valence-corrected chi connectivity index (χ1v) is 13.9. The van der Waals surface area contributed by atoms with Crippen LogP contribution in [-0.4, -0.2) is 29.0 Å². The van der Waals surface area contributed by atoms with Crippen LogP contribution in [0.1, 0.15) is 65.8 Å². The summed E-state index contributed by atoms with van der Waals surface area (Å²) in [5, 5.41) is 19.4. The molecule has 0 saturated carbocycles. The fourth-order valence-corrected chi connectivity index (χ4v) is 5.62. The van der Waals surface area contributed by atoms with E-state index in [0.29, 0.717) is 32.0 Å². The summed E-state index contributed by atoms with van der Waals surface area (Å²) in [6, 6.07) is 36.1. The minimum Gasteiger partial charge on any atom is -0.493 e. The van der Waals surface area contributed by atoms with Crippen molar-refractivity contribution < 1.29 is 19.7 Å². The molecule has 0 aromatic heterocycles. The van der Waals surface area contributed by atoms with Crippen LogP contribution in [0.25, 0.3) is 0 Å². The van der Waals surface area contributed by atoms with Crippen molar-refractivity contribution in [1.29, 1.82) is 0 Å². The molecular weight excluding hydrogens is 484 g/mol. The van der Waals surface area contributed by atoms with E-state index in [1.807, 2.05) is 30.3 Å². The number of aliphatic hydroxyl groups excluding tert-OH is 1. The molecule has 202 valence electrons. The summed E-state index contributed by atoms with van der Waals surface area (Å²) in [7, 11) is 0. The summed E-state index contributed by atoms with van der Waals surface area (Å²) in [6.45, 7) is 2.66. The second kappa shape index (κ2) is 12.5. The SMILES string of the molecule is CC(O)(CCO)CCOc1ccc([C@@H]2c3ccc(OCc4ccccc4)cc3CC[C@@H]2c2ccccc2)cc1. The number of fused-ring (bicyclic) bond motifs is 1. The predicted molar refractivity (Wildman–Crippen MR) is 155 cm³/mol. The lowest BCUT2D eigenvalue weighted by atomic mass is 9.69. The van der Waals surface area contributed by atoms with Gasteiger partial charge in [-0.2, -0.15) is 0 Å². The molecule has 0 amide bonds. The molecule has 0 spiro atoms. The van der Waals surface area contributed by atoms with Crippen LogP contribution in [0.2, 0.25) is 0 Å². The highest BCUT2D eigenvalue weighted by molar-refractivity contribution is 5.48. The molecule has 4 nitrogen and oxygen atoms in total. The number of hydrogen-bond acceptors (Lipinski definition) is 4. The van der Waals surface area contributed by atoms with E-state index in [4.69, 9.17) is 14.6 Å². The Morgan fingerprint density at radius 3 is 2.18 bits per heavy atom. The number of aliphatic hydroxyl groups is 2. The zero-order valence-electron chi connectivity index (χ0n) is 22.6. The largest absolute Gasteiger partial charge is 0.493 e. The number of benzene rings is 4. The van der Waals surface area contributed by atoms with Crippen molar-refractivity contribution in [3.05, 3.63) is 131 Å². The van der Waals surface area contributed by atoms with Crippen LogP contribution in [-0.2, 0) is 13.0 Å². The highest BCUT2D eigenvalue weighted by Gasteiger charge is 2.32. The Morgan fingerprint density at radius 1 is 0.769 bits per heavy atom. The molecule has 0 radical (unpaired) electrons. The fraction of sp³-hybridized carbons (Fsp3) is 0.314. The average molecular weight is 523 g/mol. The Morgan fingerprint density at radius 2 is 1.46 bits per heavy atom. The van der Waals surface area contributed by atoms with Gasteiger partial charge in [-0.05, 0) is 84.2 Å². The molecule has 1 aliphatic rings. The molecule has 5 rings (SSSR count). The standard InChI is InChI=1S/C35H38O4/c1-35(37,20-22-36)21-23-38-30-15-12-28(13-16-30)34-32(27-10-6-3-7-11-27)18-14-29-24-31(17-19-33(29)34)39-25-26-8-4-2-5-9-26/h2-13,15-17,19,24,32,34,36-37H,14,18,20-23,25H2,1H3/t32-,34+,35?/m1/s1. The van der Waals surface area contributed by atoms with Crippen molar-refractivity contribution in [2.24, 2.45) is 0 Å². The molecule has 0 fully saturated rings. The molecule has 0 heterocycles. The van der Waals surface area contributed by atoms with Crippen LogP contribution >= 0.6 is 0 Å². The van der Waals surface area contributed by atoms with Gasteiger partial charge in [0.25, 0.3) is 0 Å². The highest BCUT2D eigenvalue weighted by atomic mass is 16.5. The Bertz CT molecular complexity index is 1320. The van der Waals surface area contributed by atoms with Crippen molar-refractivity contribution in [2.45, 2.75) is 56.7 Å². The van der Waals surface area contributed by atoms with E-state index < -0.39 is 5.60 Å². The Labute approximate surface area is 231 Å². The van der Waals surface area contributed by atoms with Crippen LogP contribution in [0.15, 0.2) is 103 Å². The second-order valence-corrected chi connectivity index (χ2v) is 10.8. The van der Waals surface area contributed by atoms with Crippen LogP contribution in [0.4, 0.5) is 0 Å². The zero-order valence-corrected chi connectivity index (χ0v) is 22.6. The summed E-state index contributed by atoms with van der Waals surface area (Å²) in [4.78, 5) is 0. The van der Waals surface area contributed by atoms with Crippen LogP contribution in [0.3, 0.4) is 0 Å². The first kappa shape index (κ1) is 27.0. The molecule has 0 bridgehead atoms.